The molecule has 0 bridgehead atoms. The van der Waals surface area contributed by atoms with Crippen LogP contribution in [0.5, 0.6) is 11.5 Å². The Kier molecular flexibility index (Phi) is 8.16. The molecule has 0 aromatic heterocycles. The molecule has 2 rings (SSSR count). The number of carbonyl (C=O) groups excluding carboxylic acids is 1. The van der Waals surface area contributed by atoms with Crippen LogP contribution in [0.25, 0.3) is 0 Å². The van der Waals surface area contributed by atoms with Crippen LogP contribution in [0.4, 0.5) is 4.79 Å². The molecule has 0 heterocycles. The van der Waals surface area contributed by atoms with E-state index in [1.54, 1.807) is 0 Å². The van der Waals surface area contributed by atoms with Gasteiger partial charge in [0.15, 0.2) is 0 Å². The van der Waals surface area contributed by atoms with E-state index in [-0.39, 0.29) is 0 Å². The molecular weight excluding hydrogens is 342 g/mol. The molecule has 0 aliphatic carbocycles. The number of primary amides is 1. The lowest BCUT2D eigenvalue weighted by atomic mass is 9.98. The van der Waals surface area contributed by atoms with Gasteiger partial charge in [0.25, 0.3) is 0 Å². The van der Waals surface area contributed by atoms with E-state index in [4.69, 9.17) is 15.2 Å². The summed E-state index contributed by atoms with van der Waals surface area (Å²) in [5, 5.41) is 3.73. The SMILES string of the molecule is CC[C@H](C)c1ccccc1OCCCOc1cccc(/C=N\NC(N)=O)c1. The number of rotatable bonds is 10. The van der Waals surface area contributed by atoms with Crippen LogP contribution in [-0.2, 0) is 0 Å². The van der Waals surface area contributed by atoms with Crippen LogP contribution in [0.15, 0.2) is 53.6 Å². The van der Waals surface area contributed by atoms with E-state index in [2.05, 4.69) is 30.4 Å². The first-order valence-corrected chi connectivity index (χ1v) is 9.13. The van der Waals surface area contributed by atoms with Gasteiger partial charge in [-0.2, -0.15) is 5.10 Å². The molecule has 0 spiro atoms. The number of hydrogen-bond donors (Lipinski definition) is 2. The molecule has 0 aliphatic heterocycles. The zero-order chi connectivity index (χ0) is 19.5. The molecule has 0 fully saturated rings. The lowest BCUT2D eigenvalue weighted by Gasteiger charge is -2.15. The summed E-state index contributed by atoms with van der Waals surface area (Å²) < 4.78 is 11.7. The summed E-state index contributed by atoms with van der Waals surface area (Å²) in [5.74, 6) is 2.16. The molecule has 3 N–H and O–H groups in total. The summed E-state index contributed by atoms with van der Waals surface area (Å²) >= 11 is 0. The Bertz CT molecular complexity index is 762. The van der Waals surface area contributed by atoms with Crippen LogP contribution < -0.4 is 20.6 Å². The number of amides is 2. The first-order valence-electron chi connectivity index (χ1n) is 9.13. The minimum Gasteiger partial charge on any atom is -0.493 e. The number of hydrazone groups is 1. The minimum atomic E-state index is -0.700. The minimum absolute atomic E-state index is 0.478. The molecule has 144 valence electrons. The summed E-state index contributed by atoms with van der Waals surface area (Å²) in [6.07, 6.45) is 3.36. The molecule has 0 aliphatic rings. The number of para-hydroxylation sites is 1. The van der Waals surface area contributed by atoms with E-state index in [1.165, 1.54) is 11.8 Å². The van der Waals surface area contributed by atoms with Gasteiger partial charge in [0.2, 0.25) is 0 Å². The summed E-state index contributed by atoms with van der Waals surface area (Å²) in [6, 6.07) is 14.9. The van der Waals surface area contributed by atoms with Crippen LogP contribution in [0.1, 0.15) is 43.7 Å². The summed E-state index contributed by atoms with van der Waals surface area (Å²) in [6.45, 7) is 5.53. The normalized spacial score (nSPS) is 11.9. The maximum absolute atomic E-state index is 10.6. The number of nitrogens with zero attached hydrogens (tertiary/aromatic N) is 1. The van der Waals surface area contributed by atoms with Gasteiger partial charge in [-0.05, 0) is 41.7 Å². The number of carbonyl (C=O) groups is 1. The van der Waals surface area contributed by atoms with E-state index >= 15 is 0 Å². The van der Waals surface area contributed by atoms with Crippen molar-refractivity contribution in [1.29, 1.82) is 0 Å². The van der Waals surface area contributed by atoms with Gasteiger partial charge in [0, 0.05) is 6.42 Å². The Morgan fingerprint density at radius 3 is 2.74 bits per heavy atom. The first-order chi connectivity index (χ1) is 13.1. The number of ether oxygens (including phenoxy) is 2. The van der Waals surface area contributed by atoms with Crippen LogP contribution in [-0.4, -0.2) is 25.5 Å². The highest BCUT2D eigenvalue weighted by atomic mass is 16.5. The van der Waals surface area contributed by atoms with Crippen molar-refractivity contribution in [2.75, 3.05) is 13.2 Å². The predicted octanol–water partition coefficient (Wildman–Crippen LogP) is 4.05. The molecule has 6 heteroatoms. The van der Waals surface area contributed by atoms with Gasteiger partial charge in [-0.3, -0.25) is 0 Å². The fourth-order valence-electron chi connectivity index (χ4n) is 2.53. The van der Waals surface area contributed by atoms with Crippen molar-refractivity contribution < 1.29 is 14.3 Å². The Morgan fingerprint density at radius 1 is 1.19 bits per heavy atom. The second kappa shape index (κ2) is 10.9. The molecule has 2 aromatic rings. The van der Waals surface area contributed by atoms with Crippen molar-refractivity contribution in [2.24, 2.45) is 10.8 Å². The van der Waals surface area contributed by atoms with Crippen molar-refractivity contribution in [3.8, 4) is 11.5 Å². The number of hydrogen-bond acceptors (Lipinski definition) is 4. The van der Waals surface area contributed by atoms with Gasteiger partial charge in [-0.15, -0.1) is 0 Å². The molecule has 0 unspecified atom stereocenters. The van der Waals surface area contributed by atoms with E-state index in [9.17, 15) is 4.79 Å². The quantitative estimate of drug-likeness (QED) is 0.376. The van der Waals surface area contributed by atoms with Gasteiger partial charge >= 0.3 is 6.03 Å². The summed E-state index contributed by atoms with van der Waals surface area (Å²) in [7, 11) is 0. The second-order valence-corrected chi connectivity index (χ2v) is 6.20. The average Bonchev–Trinajstić information content (AvgIpc) is 2.67. The van der Waals surface area contributed by atoms with Crippen molar-refractivity contribution in [1.82, 2.24) is 5.43 Å². The number of nitrogens with one attached hydrogen (secondary N) is 1. The number of urea groups is 1. The molecular formula is C21H27N3O3. The van der Waals surface area contributed by atoms with Crippen molar-refractivity contribution in [3.63, 3.8) is 0 Å². The zero-order valence-corrected chi connectivity index (χ0v) is 15.9. The number of benzene rings is 2. The Balaban J connectivity index is 1.78. The van der Waals surface area contributed by atoms with Gasteiger partial charge in [0.05, 0.1) is 19.4 Å². The Hall–Kier alpha value is -3.02. The van der Waals surface area contributed by atoms with Crippen molar-refractivity contribution in [2.45, 2.75) is 32.6 Å². The van der Waals surface area contributed by atoms with Crippen molar-refractivity contribution in [3.05, 3.63) is 59.7 Å². The van der Waals surface area contributed by atoms with Gasteiger partial charge < -0.3 is 15.2 Å². The van der Waals surface area contributed by atoms with E-state index in [0.717, 1.165) is 29.9 Å². The lowest BCUT2D eigenvalue weighted by Crippen LogP contribution is -2.24. The molecule has 0 radical (unpaired) electrons. The monoisotopic (exact) mass is 369 g/mol. The second-order valence-electron chi connectivity index (χ2n) is 6.20. The fourth-order valence-corrected chi connectivity index (χ4v) is 2.53. The lowest BCUT2D eigenvalue weighted by molar-refractivity contribution is 0.245. The molecule has 0 saturated carbocycles. The molecule has 27 heavy (non-hydrogen) atoms. The van der Waals surface area contributed by atoms with Crippen molar-refractivity contribution >= 4 is 12.2 Å². The smallest absolute Gasteiger partial charge is 0.332 e. The molecule has 1 atom stereocenters. The topological polar surface area (TPSA) is 85.9 Å². The van der Waals surface area contributed by atoms with Gasteiger partial charge in [-0.25, -0.2) is 10.2 Å². The summed E-state index contributed by atoms with van der Waals surface area (Å²) in [5.41, 5.74) is 9.17. The summed E-state index contributed by atoms with van der Waals surface area (Å²) in [4.78, 5) is 10.6. The highest BCUT2D eigenvalue weighted by Crippen LogP contribution is 2.28. The van der Waals surface area contributed by atoms with E-state index < -0.39 is 6.03 Å². The highest BCUT2D eigenvalue weighted by Gasteiger charge is 2.09. The maximum atomic E-state index is 10.6. The first kappa shape index (κ1) is 20.3. The van der Waals surface area contributed by atoms with Gasteiger partial charge in [-0.1, -0.05) is 44.2 Å². The molecule has 2 amide bonds. The Labute approximate surface area is 160 Å². The molecule has 6 nitrogen and oxygen atoms in total. The van der Waals surface area contributed by atoms with Crippen LogP contribution in [0.3, 0.4) is 0 Å². The average molecular weight is 369 g/mol. The standard InChI is InChI=1S/C21H27N3O3/c1-3-16(2)19-10-4-5-11-20(19)27-13-7-12-26-18-9-6-8-17(14-18)15-23-24-21(22)25/h4-6,8-11,14-16H,3,7,12-13H2,1-2H3,(H3,22,24,25)/b23-15-/t16-/m0/s1. The maximum Gasteiger partial charge on any atom is 0.332 e. The third kappa shape index (κ3) is 7.01. The molecule has 2 aromatic carbocycles. The Morgan fingerprint density at radius 2 is 1.96 bits per heavy atom. The predicted molar refractivity (Wildman–Crippen MR) is 108 cm³/mol. The fraction of sp³-hybridized carbons (Fsp3) is 0.333. The van der Waals surface area contributed by atoms with Crippen LogP contribution >= 0.6 is 0 Å². The number of nitrogens with two attached hydrogens (primary N) is 1. The van der Waals surface area contributed by atoms with E-state index in [1.807, 2.05) is 42.5 Å². The third-order valence-electron chi connectivity index (χ3n) is 4.12. The highest BCUT2D eigenvalue weighted by molar-refractivity contribution is 5.81. The van der Waals surface area contributed by atoms with E-state index in [0.29, 0.717) is 19.1 Å². The third-order valence-corrected chi connectivity index (χ3v) is 4.12. The van der Waals surface area contributed by atoms with Crippen LogP contribution in [0, 0.1) is 0 Å². The largest absolute Gasteiger partial charge is 0.493 e. The zero-order valence-electron chi connectivity index (χ0n) is 15.9. The van der Waals surface area contributed by atoms with Gasteiger partial charge in [0.1, 0.15) is 11.5 Å². The molecule has 0 saturated heterocycles. The van der Waals surface area contributed by atoms with Crippen LogP contribution in [0.2, 0.25) is 0 Å².